The second kappa shape index (κ2) is 10.2. The molecule has 0 aliphatic heterocycles. The van der Waals surface area contributed by atoms with Crippen LogP contribution in [-0.2, 0) is 13.0 Å². The number of aliphatic hydroxyl groups excluding tert-OH is 1. The van der Waals surface area contributed by atoms with Crippen LogP contribution in [0.25, 0.3) is 11.1 Å². The molecule has 3 aromatic carbocycles. The molecular weight excluding hydrogens is 382 g/mol. The molecule has 1 fully saturated rings. The van der Waals surface area contributed by atoms with Gasteiger partial charge in [-0.15, -0.1) is 0 Å². The van der Waals surface area contributed by atoms with E-state index in [2.05, 4.69) is 41.7 Å². The third kappa shape index (κ3) is 5.24. The highest BCUT2D eigenvalue weighted by atomic mass is 16.3. The lowest BCUT2D eigenvalue weighted by atomic mass is 9.75. The van der Waals surface area contributed by atoms with Crippen LogP contribution < -0.4 is 5.32 Å². The first-order valence-electron chi connectivity index (χ1n) is 11.5. The molecule has 31 heavy (non-hydrogen) atoms. The fourth-order valence-electron chi connectivity index (χ4n) is 4.96. The van der Waals surface area contributed by atoms with E-state index in [0.717, 1.165) is 42.4 Å². The average Bonchev–Trinajstić information content (AvgIpc) is 3.36. The Morgan fingerprint density at radius 3 is 2.16 bits per heavy atom. The molecular formula is C28H33NO2. The summed E-state index contributed by atoms with van der Waals surface area (Å²) in [6.45, 7) is 1.05. The minimum Gasteiger partial charge on any atom is -0.389 e. The molecule has 0 bridgehead atoms. The van der Waals surface area contributed by atoms with Crippen molar-refractivity contribution < 1.29 is 10.2 Å². The lowest BCUT2D eigenvalue weighted by Crippen LogP contribution is -2.53. The largest absolute Gasteiger partial charge is 0.389 e. The second-order valence-electron chi connectivity index (χ2n) is 8.80. The summed E-state index contributed by atoms with van der Waals surface area (Å²) >= 11 is 0. The van der Waals surface area contributed by atoms with Crippen LogP contribution in [0.1, 0.15) is 36.8 Å². The predicted octanol–water partition coefficient (Wildman–Crippen LogP) is 4.97. The quantitative estimate of drug-likeness (QED) is 0.463. The van der Waals surface area contributed by atoms with Gasteiger partial charge in [0, 0.05) is 19.5 Å². The summed E-state index contributed by atoms with van der Waals surface area (Å²) < 4.78 is 0. The van der Waals surface area contributed by atoms with E-state index in [9.17, 15) is 10.2 Å². The van der Waals surface area contributed by atoms with Gasteiger partial charge in [-0.1, -0.05) is 97.8 Å². The maximum absolute atomic E-state index is 11.9. The molecule has 0 spiro atoms. The van der Waals surface area contributed by atoms with E-state index in [4.69, 9.17) is 0 Å². The van der Waals surface area contributed by atoms with Gasteiger partial charge in [0.2, 0.25) is 0 Å². The molecule has 2 unspecified atom stereocenters. The molecule has 0 radical (unpaired) electrons. The molecule has 1 saturated carbocycles. The van der Waals surface area contributed by atoms with E-state index in [-0.39, 0.29) is 5.92 Å². The van der Waals surface area contributed by atoms with Crippen LogP contribution in [0.15, 0.2) is 84.9 Å². The molecule has 0 saturated heterocycles. The third-order valence-electron chi connectivity index (χ3n) is 6.72. The van der Waals surface area contributed by atoms with Crippen LogP contribution in [0.5, 0.6) is 0 Å². The lowest BCUT2D eigenvalue weighted by Gasteiger charge is -2.39. The highest BCUT2D eigenvalue weighted by Gasteiger charge is 2.44. The molecule has 1 aliphatic carbocycles. The van der Waals surface area contributed by atoms with Crippen molar-refractivity contribution >= 4 is 0 Å². The summed E-state index contributed by atoms with van der Waals surface area (Å²) in [4.78, 5) is 0. The molecule has 3 aromatic rings. The maximum atomic E-state index is 11.9. The summed E-state index contributed by atoms with van der Waals surface area (Å²) in [6.07, 6.45) is 3.81. The molecule has 4 rings (SSSR count). The monoisotopic (exact) mass is 415 g/mol. The van der Waals surface area contributed by atoms with Gasteiger partial charge >= 0.3 is 0 Å². The summed E-state index contributed by atoms with van der Waals surface area (Å²) in [6, 6.07) is 28.7. The number of hydrogen-bond acceptors (Lipinski definition) is 3. The predicted molar refractivity (Wildman–Crippen MR) is 127 cm³/mol. The summed E-state index contributed by atoms with van der Waals surface area (Å²) in [5.74, 6) is 0.116. The Morgan fingerprint density at radius 2 is 1.45 bits per heavy atom. The number of hydrogen-bond donors (Lipinski definition) is 3. The first-order chi connectivity index (χ1) is 15.2. The van der Waals surface area contributed by atoms with Crippen molar-refractivity contribution in [2.45, 2.75) is 50.4 Å². The SMILES string of the molecule is OC(CNCc1ccccc1)C(O)(Cc1ccccc1-c1ccccc1)C1CCCC1. The fraction of sp³-hybridized carbons (Fsp3) is 0.357. The Kier molecular flexibility index (Phi) is 7.18. The van der Waals surface area contributed by atoms with Gasteiger partial charge in [0.15, 0.2) is 0 Å². The number of rotatable bonds is 9. The van der Waals surface area contributed by atoms with Crippen molar-refractivity contribution in [3.63, 3.8) is 0 Å². The van der Waals surface area contributed by atoms with Crippen molar-refractivity contribution in [1.29, 1.82) is 0 Å². The molecule has 3 heteroatoms. The van der Waals surface area contributed by atoms with E-state index in [1.807, 2.05) is 48.5 Å². The van der Waals surface area contributed by atoms with Crippen molar-refractivity contribution in [3.05, 3.63) is 96.1 Å². The Morgan fingerprint density at radius 1 is 0.839 bits per heavy atom. The van der Waals surface area contributed by atoms with E-state index < -0.39 is 11.7 Å². The van der Waals surface area contributed by atoms with E-state index in [0.29, 0.717) is 19.5 Å². The van der Waals surface area contributed by atoms with E-state index in [1.165, 1.54) is 5.56 Å². The van der Waals surface area contributed by atoms with Crippen LogP contribution in [0.4, 0.5) is 0 Å². The zero-order valence-electron chi connectivity index (χ0n) is 18.1. The van der Waals surface area contributed by atoms with E-state index in [1.54, 1.807) is 0 Å². The topological polar surface area (TPSA) is 52.5 Å². The first kappa shape index (κ1) is 21.8. The van der Waals surface area contributed by atoms with Gasteiger partial charge in [0.1, 0.15) is 0 Å². The number of aliphatic hydroxyl groups is 2. The zero-order chi connectivity index (χ0) is 21.5. The normalized spacial score (nSPS) is 17.4. The third-order valence-corrected chi connectivity index (χ3v) is 6.72. The van der Waals surface area contributed by atoms with Crippen LogP contribution in [0.2, 0.25) is 0 Å². The Bertz CT molecular complexity index is 937. The van der Waals surface area contributed by atoms with Gasteiger partial charge in [0.25, 0.3) is 0 Å². The smallest absolute Gasteiger partial charge is 0.0986 e. The number of nitrogens with one attached hydrogen (secondary N) is 1. The standard InChI is InChI=1S/C28H33NO2/c30-27(21-29-20-22-11-3-1-4-12-22)28(31,25-16-8-9-17-25)19-24-15-7-10-18-26(24)23-13-5-2-6-14-23/h1-7,10-15,18,25,27,29-31H,8-9,16-17,19-21H2. The lowest BCUT2D eigenvalue weighted by molar-refractivity contribution is -0.111. The average molecular weight is 416 g/mol. The molecule has 0 heterocycles. The second-order valence-corrected chi connectivity index (χ2v) is 8.80. The van der Waals surface area contributed by atoms with Crippen molar-refractivity contribution in [1.82, 2.24) is 5.32 Å². The van der Waals surface area contributed by atoms with E-state index >= 15 is 0 Å². The summed E-state index contributed by atoms with van der Waals surface area (Å²) in [5, 5.41) is 26.5. The molecule has 1 aliphatic rings. The zero-order valence-corrected chi connectivity index (χ0v) is 18.1. The highest BCUT2D eigenvalue weighted by Crippen LogP contribution is 2.39. The first-order valence-corrected chi connectivity index (χ1v) is 11.5. The van der Waals surface area contributed by atoms with Gasteiger partial charge in [-0.2, -0.15) is 0 Å². The van der Waals surface area contributed by atoms with Crippen LogP contribution >= 0.6 is 0 Å². The molecule has 0 amide bonds. The Balaban J connectivity index is 1.54. The van der Waals surface area contributed by atoms with Gasteiger partial charge in [-0.25, -0.2) is 0 Å². The molecule has 3 nitrogen and oxygen atoms in total. The van der Waals surface area contributed by atoms with Crippen molar-refractivity contribution in [2.24, 2.45) is 5.92 Å². The minimum atomic E-state index is -1.15. The van der Waals surface area contributed by atoms with Gasteiger partial charge in [0.05, 0.1) is 11.7 Å². The molecule has 0 aromatic heterocycles. The van der Waals surface area contributed by atoms with Crippen LogP contribution in [0.3, 0.4) is 0 Å². The van der Waals surface area contributed by atoms with Gasteiger partial charge in [-0.3, -0.25) is 0 Å². The molecule has 2 atom stereocenters. The summed E-state index contributed by atoms with van der Waals surface area (Å²) in [5.41, 5.74) is 3.39. The highest BCUT2D eigenvalue weighted by molar-refractivity contribution is 5.67. The minimum absolute atomic E-state index is 0.116. The Hall–Kier alpha value is -2.46. The fourth-order valence-corrected chi connectivity index (χ4v) is 4.96. The van der Waals surface area contributed by atoms with Gasteiger partial charge in [-0.05, 0) is 41.0 Å². The van der Waals surface area contributed by atoms with Crippen LogP contribution in [-0.4, -0.2) is 28.5 Å². The Labute approximate surface area is 185 Å². The van der Waals surface area contributed by atoms with Crippen molar-refractivity contribution in [2.75, 3.05) is 6.54 Å². The maximum Gasteiger partial charge on any atom is 0.0986 e. The number of benzene rings is 3. The van der Waals surface area contributed by atoms with Crippen molar-refractivity contribution in [3.8, 4) is 11.1 Å². The van der Waals surface area contributed by atoms with Crippen LogP contribution in [0, 0.1) is 5.92 Å². The summed E-state index contributed by atoms with van der Waals surface area (Å²) in [7, 11) is 0. The molecule has 162 valence electrons. The van der Waals surface area contributed by atoms with Gasteiger partial charge < -0.3 is 15.5 Å². The molecule has 3 N–H and O–H groups in total.